The van der Waals surface area contributed by atoms with Gasteiger partial charge in [0.15, 0.2) is 0 Å². The van der Waals surface area contributed by atoms with Crippen LogP contribution in [0.2, 0.25) is 0 Å². The SMILES string of the molecule is CC(C(=O)NCCCN1CCOCC1)N(c1cccc([N+](=O)[O-])c1)S(C)(=O)=O. The zero-order chi connectivity index (χ0) is 20.7. The average Bonchev–Trinajstić information content (AvgIpc) is 2.65. The molecule has 0 bridgehead atoms. The van der Waals surface area contributed by atoms with Crippen molar-refractivity contribution in [1.29, 1.82) is 0 Å². The molecule has 1 unspecified atom stereocenters. The molecule has 1 amide bonds. The minimum absolute atomic E-state index is 0.0765. The van der Waals surface area contributed by atoms with Gasteiger partial charge in [0.1, 0.15) is 6.04 Å². The summed E-state index contributed by atoms with van der Waals surface area (Å²) in [5.74, 6) is -0.459. The lowest BCUT2D eigenvalue weighted by molar-refractivity contribution is -0.384. The normalized spacial score (nSPS) is 16.4. The average molecular weight is 414 g/mol. The van der Waals surface area contributed by atoms with Crippen LogP contribution in [0.1, 0.15) is 13.3 Å². The van der Waals surface area contributed by atoms with Gasteiger partial charge in [0.05, 0.1) is 30.1 Å². The summed E-state index contributed by atoms with van der Waals surface area (Å²) in [5.41, 5.74) is -0.170. The second-order valence-corrected chi connectivity index (χ2v) is 8.47. The third-order valence-electron chi connectivity index (χ3n) is 4.44. The number of hydrogen-bond acceptors (Lipinski definition) is 7. The summed E-state index contributed by atoms with van der Waals surface area (Å²) in [4.78, 5) is 25.1. The van der Waals surface area contributed by atoms with Crippen molar-refractivity contribution in [3.63, 3.8) is 0 Å². The second-order valence-electron chi connectivity index (χ2n) is 6.61. The Kier molecular flexibility index (Phi) is 7.72. The van der Waals surface area contributed by atoms with Crippen molar-refractivity contribution in [1.82, 2.24) is 10.2 Å². The second kappa shape index (κ2) is 9.80. The van der Waals surface area contributed by atoms with E-state index in [0.29, 0.717) is 19.8 Å². The van der Waals surface area contributed by atoms with E-state index in [0.717, 1.165) is 42.7 Å². The van der Waals surface area contributed by atoms with E-state index in [-0.39, 0.29) is 11.4 Å². The van der Waals surface area contributed by atoms with Gasteiger partial charge >= 0.3 is 0 Å². The highest BCUT2D eigenvalue weighted by Gasteiger charge is 2.29. The number of ether oxygens (including phenoxy) is 1. The number of benzene rings is 1. The minimum atomic E-state index is -3.82. The Labute approximate surface area is 164 Å². The number of nitrogens with zero attached hydrogens (tertiary/aromatic N) is 3. The number of nitro groups is 1. The molecule has 0 saturated carbocycles. The third kappa shape index (κ3) is 6.14. The molecule has 156 valence electrons. The zero-order valence-electron chi connectivity index (χ0n) is 16.0. The maximum atomic E-state index is 12.5. The Balaban J connectivity index is 2.00. The Bertz CT molecular complexity index is 795. The van der Waals surface area contributed by atoms with Gasteiger partial charge in [-0.2, -0.15) is 0 Å². The maximum absolute atomic E-state index is 12.5. The molecule has 11 heteroatoms. The molecular weight excluding hydrogens is 388 g/mol. The van der Waals surface area contributed by atoms with Crippen molar-refractivity contribution in [2.45, 2.75) is 19.4 Å². The van der Waals surface area contributed by atoms with Gasteiger partial charge < -0.3 is 10.1 Å². The number of morpholine rings is 1. The van der Waals surface area contributed by atoms with Crippen LogP contribution in [0.3, 0.4) is 0 Å². The number of nitro benzene ring substituents is 1. The smallest absolute Gasteiger partial charge is 0.271 e. The van der Waals surface area contributed by atoms with E-state index in [2.05, 4.69) is 10.2 Å². The lowest BCUT2D eigenvalue weighted by atomic mass is 10.2. The number of anilines is 1. The lowest BCUT2D eigenvalue weighted by Crippen LogP contribution is -2.48. The van der Waals surface area contributed by atoms with E-state index < -0.39 is 26.9 Å². The third-order valence-corrected chi connectivity index (χ3v) is 5.68. The quantitative estimate of drug-likeness (QED) is 0.356. The number of rotatable bonds is 9. The molecule has 0 aromatic heterocycles. The first-order valence-corrected chi connectivity index (χ1v) is 10.9. The monoisotopic (exact) mass is 414 g/mol. The van der Waals surface area contributed by atoms with E-state index >= 15 is 0 Å². The maximum Gasteiger partial charge on any atom is 0.271 e. The van der Waals surface area contributed by atoms with Crippen LogP contribution < -0.4 is 9.62 Å². The van der Waals surface area contributed by atoms with E-state index in [9.17, 15) is 23.3 Å². The number of amides is 1. The van der Waals surface area contributed by atoms with Crippen LogP contribution in [0.5, 0.6) is 0 Å². The van der Waals surface area contributed by atoms with Gasteiger partial charge in [-0.1, -0.05) is 6.07 Å². The van der Waals surface area contributed by atoms with Gasteiger partial charge in [0, 0.05) is 31.8 Å². The molecular formula is C17H26N4O6S. The highest BCUT2D eigenvalue weighted by atomic mass is 32.2. The van der Waals surface area contributed by atoms with Crippen molar-refractivity contribution in [3.05, 3.63) is 34.4 Å². The predicted octanol–water partition coefficient (Wildman–Crippen LogP) is 0.588. The first kappa shape index (κ1) is 22.1. The van der Waals surface area contributed by atoms with Crippen molar-refractivity contribution < 1.29 is 22.9 Å². The fourth-order valence-electron chi connectivity index (χ4n) is 3.04. The van der Waals surface area contributed by atoms with E-state index in [1.807, 2.05) is 0 Å². The van der Waals surface area contributed by atoms with Crippen LogP contribution in [0, 0.1) is 10.1 Å². The van der Waals surface area contributed by atoms with Crippen LogP contribution in [0.25, 0.3) is 0 Å². The molecule has 1 aliphatic heterocycles. The number of non-ortho nitro benzene ring substituents is 1. The molecule has 1 aromatic carbocycles. The molecule has 1 aromatic rings. The molecule has 1 atom stereocenters. The van der Waals surface area contributed by atoms with Crippen molar-refractivity contribution >= 4 is 27.3 Å². The van der Waals surface area contributed by atoms with Crippen LogP contribution >= 0.6 is 0 Å². The molecule has 10 nitrogen and oxygen atoms in total. The summed E-state index contributed by atoms with van der Waals surface area (Å²) in [6.07, 6.45) is 1.70. The van der Waals surface area contributed by atoms with E-state index in [4.69, 9.17) is 4.74 Å². The Morgan fingerprint density at radius 2 is 2.07 bits per heavy atom. The van der Waals surface area contributed by atoms with Crippen LogP contribution in [-0.2, 0) is 19.6 Å². The zero-order valence-corrected chi connectivity index (χ0v) is 16.9. The van der Waals surface area contributed by atoms with Crippen LogP contribution in [-0.4, -0.2) is 75.8 Å². The van der Waals surface area contributed by atoms with Gasteiger partial charge in [-0.15, -0.1) is 0 Å². The van der Waals surface area contributed by atoms with Gasteiger partial charge in [-0.05, 0) is 26.0 Å². The van der Waals surface area contributed by atoms with Crippen molar-refractivity contribution in [3.8, 4) is 0 Å². The molecule has 1 saturated heterocycles. The molecule has 0 aliphatic carbocycles. The van der Waals surface area contributed by atoms with Gasteiger partial charge in [-0.3, -0.25) is 24.1 Å². The summed E-state index contributed by atoms with van der Waals surface area (Å²) < 4.78 is 30.7. The van der Waals surface area contributed by atoms with Crippen LogP contribution in [0.4, 0.5) is 11.4 Å². The molecule has 0 radical (unpaired) electrons. The predicted molar refractivity (Wildman–Crippen MR) is 105 cm³/mol. The lowest BCUT2D eigenvalue weighted by Gasteiger charge is -2.28. The Morgan fingerprint density at radius 3 is 2.68 bits per heavy atom. The number of sulfonamides is 1. The van der Waals surface area contributed by atoms with E-state index in [1.165, 1.54) is 25.1 Å². The van der Waals surface area contributed by atoms with Gasteiger partial charge in [-0.25, -0.2) is 8.42 Å². The summed E-state index contributed by atoms with van der Waals surface area (Å²) >= 11 is 0. The summed E-state index contributed by atoms with van der Waals surface area (Å²) in [7, 11) is -3.82. The molecule has 28 heavy (non-hydrogen) atoms. The number of nitrogens with one attached hydrogen (secondary N) is 1. The van der Waals surface area contributed by atoms with E-state index in [1.54, 1.807) is 0 Å². The summed E-state index contributed by atoms with van der Waals surface area (Å²) in [5, 5.41) is 13.7. The van der Waals surface area contributed by atoms with Crippen LogP contribution in [0.15, 0.2) is 24.3 Å². The number of carbonyl (C=O) groups excluding carboxylic acids is 1. The summed E-state index contributed by atoms with van der Waals surface area (Å²) in [6.45, 7) is 5.81. The van der Waals surface area contributed by atoms with Gasteiger partial charge in [0.25, 0.3) is 5.69 Å². The molecule has 1 heterocycles. The minimum Gasteiger partial charge on any atom is -0.379 e. The first-order chi connectivity index (χ1) is 13.2. The highest BCUT2D eigenvalue weighted by molar-refractivity contribution is 7.92. The standard InChI is InChI=1S/C17H26N4O6S/c1-14(17(22)18-7-4-8-19-9-11-27-12-10-19)20(28(2,25)26)15-5-3-6-16(13-15)21(23)24/h3,5-6,13-14H,4,7-12H2,1-2H3,(H,18,22). The van der Waals surface area contributed by atoms with Crippen molar-refractivity contribution in [2.75, 3.05) is 50.0 Å². The molecule has 0 spiro atoms. The fourth-order valence-corrected chi connectivity index (χ4v) is 4.21. The van der Waals surface area contributed by atoms with Gasteiger partial charge in [0.2, 0.25) is 15.9 Å². The molecule has 1 aliphatic rings. The molecule has 2 rings (SSSR count). The largest absolute Gasteiger partial charge is 0.379 e. The number of carbonyl (C=O) groups is 1. The van der Waals surface area contributed by atoms with Crippen molar-refractivity contribution in [2.24, 2.45) is 0 Å². The Morgan fingerprint density at radius 1 is 1.39 bits per heavy atom. The number of hydrogen-bond donors (Lipinski definition) is 1. The summed E-state index contributed by atoms with van der Waals surface area (Å²) in [6, 6.07) is 4.18. The molecule has 1 fully saturated rings. The fraction of sp³-hybridized carbons (Fsp3) is 0.588. The molecule has 1 N–H and O–H groups in total. The first-order valence-electron chi connectivity index (χ1n) is 9.02. The Hall–Kier alpha value is -2.24. The highest BCUT2D eigenvalue weighted by Crippen LogP contribution is 2.25. The topological polar surface area (TPSA) is 122 Å².